The van der Waals surface area contributed by atoms with Crippen molar-refractivity contribution in [1.29, 1.82) is 0 Å². The first-order valence-electron chi connectivity index (χ1n) is 5.79. The van der Waals surface area contributed by atoms with Crippen LogP contribution in [0.2, 0.25) is 0 Å². The fourth-order valence-corrected chi connectivity index (χ4v) is 2.20. The highest BCUT2D eigenvalue weighted by molar-refractivity contribution is 6.05. The van der Waals surface area contributed by atoms with Crippen molar-refractivity contribution in [1.82, 2.24) is 0 Å². The van der Waals surface area contributed by atoms with Crippen LogP contribution in [0.15, 0.2) is 48.5 Å². The van der Waals surface area contributed by atoms with Crippen LogP contribution in [-0.4, -0.2) is 23.1 Å². The number of aliphatic carboxylic acids is 1. The fourth-order valence-electron chi connectivity index (χ4n) is 2.20. The van der Waals surface area contributed by atoms with Gasteiger partial charge in [-0.05, 0) is 22.4 Å². The Balaban J connectivity index is 2.10. The van der Waals surface area contributed by atoms with Crippen LogP contribution in [0, 0.1) is 0 Å². The smallest absolute Gasteiger partial charge is 0.349 e. The van der Waals surface area contributed by atoms with Crippen LogP contribution in [-0.2, 0) is 14.3 Å². The van der Waals surface area contributed by atoms with E-state index in [1.165, 1.54) is 6.08 Å². The van der Waals surface area contributed by atoms with Gasteiger partial charge in [-0.2, -0.15) is 0 Å². The van der Waals surface area contributed by atoms with Gasteiger partial charge < -0.3 is 9.84 Å². The van der Waals surface area contributed by atoms with E-state index in [0.717, 1.165) is 10.8 Å². The Bertz CT molecular complexity index is 715. The first-order valence-corrected chi connectivity index (χ1v) is 5.79. The monoisotopic (exact) mass is 254 g/mol. The van der Waals surface area contributed by atoms with Gasteiger partial charge in [0.1, 0.15) is 0 Å². The van der Waals surface area contributed by atoms with Gasteiger partial charge in [0.25, 0.3) is 0 Å². The summed E-state index contributed by atoms with van der Waals surface area (Å²) in [7, 11) is 0. The molecular weight excluding hydrogens is 244 g/mol. The molecule has 19 heavy (non-hydrogen) atoms. The van der Waals surface area contributed by atoms with Crippen molar-refractivity contribution >= 4 is 28.3 Å². The Morgan fingerprint density at radius 1 is 1.11 bits per heavy atom. The summed E-state index contributed by atoms with van der Waals surface area (Å²) in [6.45, 7) is 0. The van der Waals surface area contributed by atoms with Gasteiger partial charge in [0.05, 0.1) is 0 Å². The van der Waals surface area contributed by atoms with Crippen molar-refractivity contribution in [3.8, 4) is 0 Å². The van der Waals surface area contributed by atoms with E-state index in [-0.39, 0.29) is 0 Å². The zero-order valence-corrected chi connectivity index (χ0v) is 9.87. The number of rotatable bonds is 2. The molecule has 0 spiro atoms. The van der Waals surface area contributed by atoms with Gasteiger partial charge in [0, 0.05) is 11.6 Å². The maximum absolute atomic E-state index is 11.2. The molecule has 0 aromatic heterocycles. The molecule has 1 N–H and O–H groups in total. The van der Waals surface area contributed by atoms with Crippen LogP contribution < -0.4 is 0 Å². The summed E-state index contributed by atoms with van der Waals surface area (Å²) in [5.74, 6) is -1.78. The third-order valence-corrected chi connectivity index (χ3v) is 3.10. The lowest BCUT2D eigenvalue weighted by atomic mass is 9.98. The largest absolute Gasteiger partial charge is 0.478 e. The Morgan fingerprint density at radius 3 is 2.58 bits per heavy atom. The summed E-state index contributed by atoms with van der Waals surface area (Å²) in [4.78, 5) is 22.3. The predicted molar refractivity (Wildman–Crippen MR) is 69.4 cm³/mol. The van der Waals surface area contributed by atoms with Crippen molar-refractivity contribution < 1.29 is 19.4 Å². The lowest BCUT2D eigenvalue weighted by Gasteiger charge is -2.10. The molecule has 2 aromatic rings. The fraction of sp³-hybridized carbons (Fsp3) is 0.0667. The molecular formula is C15H10O4. The molecule has 1 atom stereocenters. The van der Waals surface area contributed by atoms with Gasteiger partial charge in [-0.3, -0.25) is 0 Å². The Labute approximate surface area is 108 Å². The number of ether oxygens (including phenoxy) is 1. The molecule has 0 aliphatic carbocycles. The maximum Gasteiger partial charge on any atom is 0.349 e. The molecule has 1 aliphatic heterocycles. The number of hydrogen-bond donors (Lipinski definition) is 1. The topological polar surface area (TPSA) is 63.6 Å². The molecule has 2 aromatic carbocycles. The first-order chi connectivity index (χ1) is 9.15. The molecule has 0 bridgehead atoms. The maximum atomic E-state index is 11.2. The number of benzene rings is 2. The second-order valence-electron chi connectivity index (χ2n) is 4.32. The number of carboxylic acids is 1. The van der Waals surface area contributed by atoms with Crippen molar-refractivity contribution in [2.24, 2.45) is 0 Å². The van der Waals surface area contributed by atoms with E-state index in [1.807, 2.05) is 36.4 Å². The number of carbonyl (C=O) groups excluding carboxylic acids is 1. The van der Waals surface area contributed by atoms with Crippen molar-refractivity contribution in [3.05, 3.63) is 54.1 Å². The van der Waals surface area contributed by atoms with E-state index >= 15 is 0 Å². The highest BCUT2D eigenvalue weighted by Crippen LogP contribution is 2.28. The Kier molecular flexibility index (Phi) is 2.56. The standard InChI is InChI=1S/C15H10O4/c16-13-8-12(14(19-13)15(17)18)11-6-5-9-3-1-2-4-10(9)7-11/h1-8,14H,(H,17,18). The van der Waals surface area contributed by atoms with Crippen LogP contribution in [0.3, 0.4) is 0 Å². The van der Waals surface area contributed by atoms with Crippen LogP contribution >= 0.6 is 0 Å². The molecule has 0 radical (unpaired) electrons. The normalized spacial score (nSPS) is 18.2. The lowest BCUT2D eigenvalue weighted by molar-refractivity contribution is -0.154. The van der Waals surface area contributed by atoms with Crippen molar-refractivity contribution in [2.45, 2.75) is 6.10 Å². The van der Waals surface area contributed by atoms with E-state index in [4.69, 9.17) is 9.84 Å². The number of carbonyl (C=O) groups is 2. The van der Waals surface area contributed by atoms with Crippen LogP contribution in [0.25, 0.3) is 16.3 Å². The summed E-state index contributed by atoms with van der Waals surface area (Å²) in [5.41, 5.74) is 1.08. The number of fused-ring (bicyclic) bond motifs is 1. The summed E-state index contributed by atoms with van der Waals surface area (Å²) < 4.78 is 4.77. The molecule has 94 valence electrons. The minimum atomic E-state index is -1.21. The van der Waals surface area contributed by atoms with Gasteiger partial charge in [0.2, 0.25) is 6.10 Å². The molecule has 3 rings (SSSR count). The number of cyclic esters (lactones) is 1. The number of esters is 1. The zero-order valence-electron chi connectivity index (χ0n) is 9.87. The molecule has 0 amide bonds. The van der Waals surface area contributed by atoms with E-state index < -0.39 is 18.0 Å². The Morgan fingerprint density at radius 2 is 1.84 bits per heavy atom. The second-order valence-corrected chi connectivity index (χ2v) is 4.32. The average Bonchev–Trinajstić information content (AvgIpc) is 2.80. The zero-order chi connectivity index (χ0) is 13.4. The van der Waals surface area contributed by atoms with E-state index in [9.17, 15) is 9.59 Å². The van der Waals surface area contributed by atoms with Crippen LogP contribution in [0.4, 0.5) is 0 Å². The molecule has 1 heterocycles. The minimum absolute atomic E-state index is 0.392. The highest BCUT2D eigenvalue weighted by atomic mass is 16.6. The molecule has 4 heteroatoms. The molecule has 1 unspecified atom stereocenters. The molecule has 0 saturated carbocycles. The van der Waals surface area contributed by atoms with Gasteiger partial charge in [-0.1, -0.05) is 36.4 Å². The first kappa shape index (κ1) is 11.5. The second kappa shape index (κ2) is 4.24. The lowest BCUT2D eigenvalue weighted by Crippen LogP contribution is -2.22. The SMILES string of the molecule is O=C1C=C(c2ccc3ccccc3c2)C(C(=O)O)O1. The average molecular weight is 254 g/mol. The summed E-state index contributed by atoms with van der Waals surface area (Å²) in [6, 6.07) is 13.3. The summed E-state index contributed by atoms with van der Waals surface area (Å²) in [6.07, 6.45) is 0.0248. The van der Waals surface area contributed by atoms with Crippen LogP contribution in [0.5, 0.6) is 0 Å². The molecule has 4 nitrogen and oxygen atoms in total. The molecule has 1 aliphatic rings. The van der Waals surface area contributed by atoms with E-state index in [2.05, 4.69) is 0 Å². The number of carboxylic acid groups (broad SMARTS) is 1. The Hall–Kier alpha value is -2.62. The third-order valence-electron chi connectivity index (χ3n) is 3.10. The molecule has 0 fully saturated rings. The highest BCUT2D eigenvalue weighted by Gasteiger charge is 2.33. The van der Waals surface area contributed by atoms with Gasteiger partial charge in [0.15, 0.2) is 0 Å². The predicted octanol–water partition coefficient (Wildman–Crippen LogP) is 2.23. The third kappa shape index (κ3) is 1.97. The van der Waals surface area contributed by atoms with Crippen molar-refractivity contribution in [3.63, 3.8) is 0 Å². The van der Waals surface area contributed by atoms with E-state index in [1.54, 1.807) is 6.07 Å². The van der Waals surface area contributed by atoms with Gasteiger partial charge >= 0.3 is 11.9 Å². The quantitative estimate of drug-likeness (QED) is 0.835. The molecule has 0 saturated heterocycles. The number of hydrogen-bond acceptors (Lipinski definition) is 3. The van der Waals surface area contributed by atoms with E-state index in [0.29, 0.717) is 11.1 Å². The van der Waals surface area contributed by atoms with Crippen LogP contribution in [0.1, 0.15) is 5.56 Å². The van der Waals surface area contributed by atoms with Gasteiger partial charge in [-0.15, -0.1) is 0 Å². The summed E-state index contributed by atoms with van der Waals surface area (Å²) in [5, 5.41) is 11.1. The minimum Gasteiger partial charge on any atom is -0.478 e. The summed E-state index contributed by atoms with van der Waals surface area (Å²) >= 11 is 0. The van der Waals surface area contributed by atoms with Crippen molar-refractivity contribution in [2.75, 3.05) is 0 Å². The van der Waals surface area contributed by atoms with Gasteiger partial charge in [-0.25, -0.2) is 9.59 Å².